The zero-order valence-corrected chi connectivity index (χ0v) is 8.25. The second kappa shape index (κ2) is 2.99. The van der Waals surface area contributed by atoms with Crippen molar-refractivity contribution in [2.45, 2.75) is 31.7 Å². The highest BCUT2D eigenvalue weighted by Crippen LogP contribution is 2.39. The molecule has 74 valence electrons. The Morgan fingerprint density at radius 2 is 2.21 bits per heavy atom. The zero-order valence-electron chi connectivity index (χ0n) is 8.25. The Morgan fingerprint density at radius 1 is 1.29 bits per heavy atom. The maximum absolute atomic E-state index is 6.06. The standard InChI is InChI=1S/C12H15NO/c13-11-6-7-14-12-9-3-1-2-8(9)4-5-10(11)12/h4-5,11H,1-3,6-7,13H2. The van der Waals surface area contributed by atoms with Gasteiger partial charge >= 0.3 is 0 Å². The molecule has 0 aromatic heterocycles. The minimum absolute atomic E-state index is 0.185. The lowest BCUT2D eigenvalue weighted by atomic mass is 9.96. The van der Waals surface area contributed by atoms with Gasteiger partial charge in [-0.15, -0.1) is 0 Å². The quantitative estimate of drug-likeness (QED) is 0.677. The highest BCUT2D eigenvalue weighted by molar-refractivity contribution is 5.50. The first-order chi connectivity index (χ1) is 6.86. The van der Waals surface area contributed by atoms with E-state index in [9.17, 15) is 0 Å². The topological polar surface area (TPSA) is 35.2 Å². The van der Waals surface area contributed by atoms with Crippen LogP contribution in [0.15, 0.2) is 12.1 Å². The number of fused-ring (bicyclic) bond motifs is 3. The van der Waals surface area contributed by atoms with E-state index in [0.717, 1.165) is 18.8 Å². The molecule has 0 fully saturated rings. The number of ether oxygens (including phenoxy) is 1. The van der Waals surface area contributed by atoms with Gasteiger partial charge in [0.05, 0.1) is 6.61 Å². The van der Waals surface area contributed by atoms with Gasteiger partial charge in [0, 0.05) is 18.0 Å². The second-order valence-corrected chi connectivity index (χ2v) is 4.22. The summed E-state index contributed by atoms with van der Waals surface area (Å²) in [6.45, 7) is 0.782. The Hall–Kier alpha value is -1.02. The maximum Gasteiger partial charge on any atom is 0.127 e. The monoisotopic (exact) mass is 189 g/mol. The van der Waals surface area contributed by atoms with Crippen molar-refractivity contribution in [3.05, 3.63) is 28.8 Å². The van der Waals surface area contributed by atoms with Crippen molar-refractivity contribution in [2.75, 3.05) is 6.61 Å². The highest BCUT2D eigenvalue weighted by Gasteiger charge is 2.24. The molecule has 1 aromatic carbocycles. The summed E-state index contributed by atoms with van der Waals surface area (Å²) in [5, 5.41) is 0. The van der Waals surface area contributed by atoms with Crippen LogP contribution >= 0.6 is 0 Å². The summed E-state index contributed by atoms with van der Waals surface area (Å²) in [4.78, 5) is 0. The molecular weight excluding hydrogens is 174 g/mol. The Balaban J connectivity index is 2.17. The lowest BCUT2D eigenvalue weighted by molar-refractivity contribution is 0.266. The summed E-state index contributed by atoms with van der Waals surface area (Å²) in [6.07, 6.45) is 4.60. The van der Waals surface area contributed by atoms with Crippen LogP contribution in [0.3, 0.4) is 0 Å². The van der Waals surface area contributed by atoms with Gasteiger partial charge in [0.25, 0.3) is 0 Å². The van der Waals surface area contributed by atoms with Crippen molar-refractivity contribution < 1.29 is 4.74 Å². The van der Waals surface area contributed by atoms with E-state index < -0.39 is 0 Å². The largest absolute Gasteiger partial charge is 0.493 e. The fraction of sp³-hybridized carbons (Fsp3) is 0.500. The molecule has 1 atom stereocenters. The predicted molar refractivity (Wildman–Crippen MR) is 55.5 cm³/mol. The lowest BCUT2D eigenvalue weighted by Crippen LogP contribution is -2.21. The first-order valence-electron chi connectivity index (χ1n) is 5.39. The molecular formula is C12H15NO. The van der Waals surface area contributed by atoms with Gasteiger partial charge in [-0.2, -0.15) is 0 Å². The molecule has 2 N–H and O–H groups in total. The molecule has 1 aliphatic heterocycles. The summed E-state index contributed by atoms with van der Waals surface area (Å²) in [7, 11) is 0. The van der Waals surface area contributed by atoms with Crippen LogP contribution in [0.25, 0.3) is 0 Å². The summed E-state index contributed by atoms with van der Waals surface area (Å²) in [5.74, 6) is 1.11. The van der Waals surface area contributed by atoms with Crippen LogP contribution in [0.4, 0.5) is 0 Å². The number of benzene rings is 1. The van der Waals surface area contributed by atoms with E-state index in [1.165, 1.54) is 36.0 Å². The van der Waals surface area contributed by atoms with E-state index in [1.807, 2.05) is 0 Å². The SMILES string of the molecule is NC1CCOc2c1ccc1c2CCC1. The van der Waals surface area contributed by atoms with Gasteiger partial charge in [0.15, 0.2) is 0 Å². The van der Waals surface area contributed by atoms with Crippen LogP contribution < -0.4 is 10.5 Å². The van der Waals surface area contributed by atoms with E-state index in [0.29, 0.717) is 0 Å². The Labute approximate surface area is 84.1 Å². The van der Waals surface area contributed by atoms with E-state index >= 15 is 0 Å². The molecule has 0 bridgehead atoms. The van der Waals surface area contributed by atoms with Gasteiger partial charge in [0.1, 0.15) is 5.75 Å². The summed E-state index contributed by atoms with van der Waals surface area (Å²) < 4.78 is 5.76. The molecule has 1 heterocycles. The van der Waals surface area contributed by atoms with Crippen LogP contribution in [0, 0.1) is 0 Å². The second-order valence-electron chi connectivity index (χ2n) is 4.22. The molecule has 1 unspecified atom stereocenters. The van der Waals surface area contributed by atoms with Crippen molar-refractivity contribution in [3.63, 3.8) is 0 Å². The Morgan fingerprint density at radius 3 is 3.14 bits per heavy atom. The molecule has 0 saturated heterocycles. The van der Waals surface area contributed by atoms with E-state index in [-0.39, 0.29) is 6.04 Å². The number of aryl methyl sites for hydroxylation is 1. The third kappa shape index (κ3) is 1.07. The fourth-order valence-corrected chi connectivity index (χ4v) is 2.56. The molecule has 0 amide bonds. The number of nitrogens with two attached hydrogens (primary N) is 1. The van der Waals surface area contributed by atoms with E-state index in [4.69, 9.17) is 10.5 Å². The lowest BCUT2D eigenvalue weighted by Gasteiger charge is -2.25. The van der Waals surface area contributed by atoms with Crippen LogP contribution in [-0.4, -0.2) is 6.61 Å². The van der Waals surface area contributed by atoms with Crippen molar-refractivity contribution in [1.29, 1.82) is 0 Å². The summed E-state index contributed by atoms with van der Waals surface area (Å²) in [6, 6.07) is 4.57. The third-order valence-electron chi connectivity index (χ3n) is 3.34. The highest BCUT2D eigenvalue weighted by atomic mass is 16.5. The molecule has 1 aromatic rings. The summed E-state index contributed by atoms with van der Waals surface area (Å²) >= 11 is 0. The van der Waals surface area contributed by atoms with Crippen LogP contribution in [0.1, 0.15) is 35.6 Å². The average molecular weight is 189 g/mol. The van der Waals surface area contributed by atoms with Gasteiger partial charge in [-0.1, -0.05) is 12.1 Å². The molecule has 2 aliphatic rings. The van der Waals surface area contributed by atoms with Gasteiger partial charge in [0.2, 0.25) is 0 Å². The Kier molecular flexibility index (Phi) is 1.77. The van der Waals surface area contributed by atoms with Crippen molar-refractivity contribution in [2.24, 2.45) is 5.73 Å². The van der Waals surface area contributed by atoms with Gasteiger partial charge in [-0.3, -0.25) is 0 Å². The van der Waals surface area contributed by atoms with Gasteiger partial charge in [-0.25, -0.2) is 0 Å². The first kappa shape index (κ1) is 8.30. The van der Waals surface area contributed by atoms with Crippen molar-refractivity contribution in [3.8, 4) is 5.75 Å². The number of hydrogen-bond donors (Lipinski definition) is 1. The van der Waals surface area contributed by atoms with Crippen LogP contribution in [0.5, 0.6) is 5.75 Å². The first-order valence-corrected chi connectivity index (χ1v) is 5.39. The smallest absolute Gasteiger partial charge is 0.127 e. The fourth-order valence-electron chi connectivity index (χ4n) is 2.56. The van der Waals surface area contributed by atoms with E-state index in [1.54, 1.807) is 0 Å². The molecule has 1 aliphatic carbocycles. The molecule has 2 nitrogen and oxygen atoms in total. The summed E-state index contributed by atoms with van der Waals surface area (Å²) in [5.41, 5.74) is 10.2. The molecule has 2 heteroatoms. The third-order valence-corrected chi connectivity index (χ3v) is 3.34. The van der Waals surface area contributed by atoms with Crippen LogP contribution in [-0.2, 0) is 12.8 Å². The maximum atomic E-state index is 6.06. The molecule has 0 saturated carbocycles. The Bertz CT molecular complexity index is 373. The molecule has 3 rings (SSSR count). The normalized spacial score (nSPS) is 23.9. The van der Waals surface area contributed by atoms with Crippen LogP contribution in [0.2, 0.25) is 0 Å². The predicted octanol–water partition coefficient (Wildman–Crippen LogP) is 1.96. The molecule has 14 heavy (non-hydrogen) atoms. The number of hydrogen-bond acceptors (Lipinski definition) is 2. The van der Waals surface area contributed by atoms with Gasteiger partial charge in [-0.05, 0) is 30.4 Å². The number of rotatable bonds is 0. The average Bonchev–Trinajstić information content (AvgIpc) is 2.66. The van der Waals surface area contributed by atoms with E-state index in [2.05, 4.69) is 12.1 Å². The van der Waals surface area contributed by atoms with Crippen molar-refractivity contribution in [1.82, 2.24) is 0 Å². The zero-order chi connectivity index (χ0) is 9.54. The minimum atomic E-state index is 0.185. The van der Waals surface area contributed by atoms with Crippen molar-refractivity contribution >= 4 is 0 Å². The molecule has 0 radical (unpaired) electrons. The molecule has 0 spiro atoms. The minimum Gasteiger partial charge on any atom is -0.493 e. The van der Waals surface area contributed by atoms with Gasteiger partial charge < -0.3 is 10.5 Å².